The first-order chi connectivity index (χ1) is 6.67. The Morgan fingerprint density at radius 2 is 2.14 bits per heavy atom. The van der Waals surface area contributed by atoms with E-state index in [0.29, 0.717) is 0 Å². The third-order valence-corrected chi connectivity index (χ3v) is 2.72. The second-order valence-corrected chi connectivity index (χ2v) is 4.40. The molecule has 14 heavy (non-hydrogen) atoms. The summed E-state index contributed by atoms with van der Waals surface area (Å²) in [4.78, 5) is 0. The monoisotopic (exact) mass is 251 g/mol. The maximum Gasteiger partial charge on any atom is 0.0230 e. The van der Waals surface area contributed by atoms with E-state index in [1.165, 1.54) is 23.5 Å². The van der Waals surface area contributed by atoms with Crippen LogP contribution in [0.3, 0.4) is 0 Å². The van der Waals surface area contributed by atoms with E-state index < -0.39 is 0 Å². The van der Waals surface area contributed by atoms with Crippen LogP contribution < -0.4 is 0 Å². The fraction of sp³-hybridized carbons (Fsp3) is 0.308. The summed E-state index contributed by atoms with van der Waals surface area (Å²) >= 11 is 3.53. The fourth-order valence-electron chi connectivity index (χ4n) is 1.43. The zero-order chi connectivity index (χ0) is 10.6. The molecule has 0 unspecified atom stereocenters. The number of hydrogen-bond acceptors (Lipinski definition) is 0. The van der Waals surface area contributed by atoms with Gasteiger partial charge in [0.15, 0.2) is 0 Å². The highest BCUT2D eigenvalue weighted by atomic mass is 79.9. The molecule has 75 valence electrons. The van der Waals surface area contributed by atoms with E-state index in [-0.39, 0.29) is 0 Å². The average Bonchev–Trinajstić information content (AvgIpc) is 2.16. The van der Waals surface area contributed by atoms with Crippen LogP contribution in [0, 0.1) is 5.92 Å². The minimum Gasteiger partial charge on any atom is -0.102 e. The summed E-state index contributed by atoms with van der Waals surface area (Å²) in [5, 5.41) is 0. The number of rotatable bonds is 4. The molecule has 0 aliphatic heterocycles. The van der Waals surface area contributed by atoms with Gasteiger partial charge in [-0.2, -0.15) is 0 Å². The second kappa shape index (κ2) is 5.35. The summed E-state index contributed by atoms with van der Waals surface area (Å²) in [5.41, 5.74) is 2.65. The first-order valence-corrected chi connectivity index (χ1v) is 5.72. The molecular weight excluding hydrogens is 236 g/mol. The van der Waals surface area contributed by atoms with Crippen molar-refractivity contribution >= 4 is 15.9 Å². The molecule has 0 bridgehead atoms. The van der Waals surface area contributed by atoms with Crippen molar-refractivity contribution in [3.8, 4) is 0 Å². The average molecular weight is 252 g/mol. The smallest absolute Gasteiger partial charge is 0.0230 e. The minimum atomic E-state index is 1.14. The van der Waals surface area contributed by atoms with Gasteiger partial charge in [-0.15, -0.1) is 6.58 Å². The topological polar surface area (TPSA) is 0 Å². The number of benzene rings is 1. The molecule has 1 aromatic rings. The predicted octanol–water partition coefficient (Wildman–Crippen LogP) is 4.53. The zero-order valence-electron chi connectivity index (χ0n) is 8.81. The lowest BCUT2D eigenvalue weighted by molar-refractivity contribution is 0.918. The minimum absolute atomic E-state index is 1.14. The molecule has 0 aliphatic rings. The number of halogens is 1. The summed E-state index contributed by atoms with van der Waals surface area (Å²) < 4.78 is 1.15. The molecule has 1 radical (unpaired) electrons. The molecule has 1 rings (SSSR count). The normalized spacial score (nSPS) is 10.6. The van der Waals surface area contributed by atoms with Crippen LogP contribution in [-0.2, 0) is 6.42 Å². The highest BCUT2D eigenvalue weighted by Crippen LogP contribution is 2.22. The van der Waals surface area contributed by atoms with Crippen molar-refractivity contribution in [3.63, 3.8) is 0 Å². The van der Waals surface area contributed by atoms with Crippen LogP contribution in [0.2, 0.25) is 0 Å². The van der Waals surface area contributed by atoms with Crippen LogP contribution >= 0.6 is 15.9 Å². The highest BCUT2D eigenvalue weighted by molar-refractivity contribution is 9.10. The van der Waals surface area contributed by atoms with Gasteiger partial charge >= 0.3 is 0 Å². The van der Waals surface area contributed by atoms with Gasteiger partial charge in [0.05, 0.1) is 0 Å². The molecule has 0 atom stereocenters. The van der Waals surface area contributed by atoms with E-state index in [1.807, 2.05) is 6.08 Å². The molecule has 0 heterocycles. The van der Waals surface area contributed by atoms with E-state index in [2.05, 4.69) is 54.6 Å². The standard InChI is InChI=1S/C13H16Br/c1-4-6-11-7-12(10(3)5-2)9-13(14)8-11/h5,7-9H,2,4,6H2,1,3H3. The van der Waals surface area contributed by atoms with Crippen molar-refractivity contribution in [2.75, 3.05) is 0 Å². The van der Waals surface area contributed by atoms with Gasteiger partial charge in [0, 0.05) is 10.4 Å². The van der Waals surface area contributed by atoms with E-state index in [9.17, 15) is 0 Å². The quantitative estimate of drug-likeness (QED) is 0.738. The molecule has 0 saturated heterocycles. The zero-order valence-corrected chi connectivity index (χ0v) is 10.4. The van der Waals surface area contributed by atoms with Gasteiger partial charge in [0.1, 0.15) is 0 Å². The molecule has 0 nitrogen and oxygen atoms in total. The largest absolute Gasteiger partial charge is 0.102 e. The Morgan fingerprint density at radius 1 is 1.43 bits per heavy atom. The third kappa shape index (κ3) is 2.98. The molecule has 0 spiro atoms. The Morgan fingerprint density at radius 3 is 2.71 bits per heavy atom. The Balaban J connectivity index is 3.00. The van der Waals surface area contributed by atoms with Gasteiger partial charge < -0.3 is 0 Å². The Kier molecular flexibility index (Phi) is 4.40. The van der Waals surface area contributed by atoms with Crippen molar-refractivity contribution in [2.45, 2.75) is 26.7 Å². The molecule has 1 aromatic carbocycles. The van der Waals surface area contributed by atoms with Crippen molar-refractivity contribution in [1.82, 2.24) is 0 Å². The SMILES string of the molecule is C=C[C](C)c1cc(Br)cc(CCC)c1. The molecule has 0 fully saturated rings. The Bertz CT molecular complexity index is 315. The first-order valence-electron chi connectivity index (χ1n) is 4.93. The van der Waals surface area contributed by atoms with Gasteiger partial charge in [-0.05, 0) is 29.7 Å². The van der Waals surface area contributed by atoms with Gasteiger partial charge in [-0.25, -0.2) is 0 Å². The fourth-order valence-corrected chi connectivity index (χ4v) is 1.97. The molecule has 0 aromatic heterocycles. The van der Waals surface area contributed by atoms with Crippen LogP contribution in [0.15, 0.2) is 35.3 Å². The molecule has 0 saturated carbocycles. The number of allylic oxidation sites excluding steroid dienone is 1. The molecule has 0 N–H and O–H groups in total. The van der Waals surface area contributed by atoms with Crippen molar-refractivity contribution in [3.05, 3.63) is 52.4 Å². The molecule has 0 amide bonds. The van der Waals surface area contributed by atoms with Crippen molar-refractivity contribution in [1.29, 1.82) is 0 Å². The Labute approximate surface area is 95.2 Å². The van der Waals surface area contributed by atoms with E-state index in [0.717, 1.165) is 10.9 Å². The summed E-state index contributed by atoms with van der Waals surface area (Å²) in [6.07, 6.45) is 4.22. The lowest BCUT2D eigenvalue weighted by Crippen LogP contribution is -1.93. The van der Waals surface area contributed by atoms with E-state index in [4.69, 9.17) is 0 Å². The van der Waals surface area contributed by atoms with Gasteiger partial charge in [-0.1, -0.05) is 48.3 Å². The Hall–Kier alpha value is -0.560. The molecule has 1 heteroatoms. The summed E-state index contributed by atoms with van der Waals surface area (Å²) in [6, 6.07) is 6.56. The summed E-state index contributed by atoms with van der Waals surface area (Å²) in [6.45, 7) is 8.08. The second-order valence-electron chi connectivity index (χ2n) is 3.49. The maximum atomic E-state index is 3.79. The maximum absolute atomic E-state index is 3.79. The van der Waals surface area contributed by atoms with Gasteiger partial charge in [0.25, 0.3) is 0 Å². The van der Waals surface area contributed by atoms with Crippen LogP contribution in [0.5, 0.6) is 0 Å². The van der Waals surface area contributed by atoms with E-state index >= 15 is 0 Å². The molecular formula is C13H16Br. The third-order valence-electron chi connectivity index (χ3n) is 2.26. The van der Waals surface area contributed by atoms with Crippen LogP contribution in [0.4, 0.5) is 0 Å². The first kappa shape index (κ1) is 11.5. The predicted molar refractivity (Wildman–Crippen MR) is 66.4 cm³/mol. The van der Waals surface area contributed by atoms with Crippen LogP contribution in [-0.4, -0.2) is 0 Å². The van der Waals surface area contributed by atoms with Gasteiger partial charge in [-0.3, -0.25) is 0 Å². The number of hydrogen-bond donors (Lipinski definition) is 0. The van der Waals surface area contributed by atoms with E-state index in [1.54, 1.807) is 0 Å². The van der Waals surface area contributed by atoms with Crippen LogP contribution in [0.1, 0.15) is 31.4 Å². The highest BCUT2D eigenvalue weighted by Gasteiger charge is 2.04. The van der Waals surface area contributed by atoms with Crippen molar-refractivity contribution in [2.24, 2.45) is 0 Å². The lowest BCUT2D eigenvalue weighted by Gasteiger charge is -2.09. The van der Waals surface area contributed by atoms with Crippen LogP contribution in [0.25, 0.3) is 0 Å². The summed E-state index contributed by atoms with van der Waals surface area (Å²) in [7, 11) is 0. The van der Waals surface area contributed by atoms with Crippen molar-refractivity contribution < 1.29 is 0 Å². The van der Waals surface area contributed by atoms with Gasteiger partial charge in [0.2, 0.25) is 0 Å². The number of aryl methyl sites for hydroxylation is 1. The molecule has 0 aliphatic carbocycles. The lowest BCUT2D eigenvalue weighted by atomic mass is 9.98. The summed E-state index contributed by atoms with van der Waals surface area (Å²) in [5.74, 6) is 1.23.